The predicted molar refractivity (Wildman–Crippen MR) is 65.6 cm³/mol. The molecule has 1 aliphatic heterocycles. The highest BCUT2D eigenvalue weighted by Gasteiger charge is 2.39. The average molecular weight is 322 g/mol. The highest BCUT2D eigenvalue weighted by molar-refractivity contribution is 9.10. The van der Waals surface area contributed by atoms with Crippen molar-refractivity contribution in [2.75, 3.05) is 11.5 Å². The largest absolute Gasteiger partial charge is 0.444 e. The molecule has 0 bridgehead atoms. The van der Waals surface area contributed by atoms with Gasteiger partial charge in [-0.2, -0.15) is 0 Å². The van der Waals surface area contributed by atoms with Gasteiger partial charge in [0.1, 0.15) is 0 Å². The maximum absolute atomic E-state index is 11.8. The molecular weight excluding hydrogens is 310 g/mol. The fourth-order valence-electron chi connectivity index (χ4n) is 1.88. The molecule has 0 aromatic carbocycles. The summed E-state index contributed by atoms with van der Waals surface area (Å²) in [4.78, 5) is 11.8. The van der Waals surface area contributed by atoms with Crippen LogP contribution in [0, 0.1) is 0 Å². The van der Waals surface area contributed by atoms with Crippen LogP contribution in [-0.4, -0.2) is 31.4 Å². The lowest BCUT2D eigenvalue weighted by molar-refractivity contribution is 0.0885. The molecule has 0 aliphatic carbocycles. The van der Waals surface area contributed by atoms with E-state index in [0.717, 1.165) is 0 Å². The van der Waals surface area contributed by atoms with E-state index < -0.39 is 21.3 Å². The van der Waals surface area contributed by atoms with Crippen molar-refractivity contribution in [3.05, 3.63) is 22.6 Å². The summed E-state index contributed by atoms with van der Waals surface area (Å²) in [5.41, 5.74) is -0.699. The first kappa shape index (κ1) is 12.6. The number of furan rings is 1. The number of carbonyl (C=O) groups excluding carboxylic acids is 1. The van der Waals surface area contributed by atoms with Crippen LogP contribution in [0.3, 0.4) is 0 Å². The second-order valence-corrected chi connectivity index (χ2v) is 7.43. The van der Waals surface area contributed by atoms with Crippen molar-refractivity contribution in [2.45, 2.75) is 18.9 Å². The molecule has 1 N–H and O–H groups in total. The van der Waals surface area contributed by atoms with E-state index in [1.165, 1.54) is 6.07 Å². The minimum Gasteiger partial charge on any atom is -0.444 e. The first-order chi connectivity index (χ1) is 7.80. The number of hydrogen-bond acceptors (Lipinski definition) is 4. The number of sulfone groups is 1. The minimum absolute atomic E-state index is 0.0202. The third-order valence-electron chi connectivity index (χ3n) is 2.72. The lowest BCUT2D eigenvalue weighted by atomic mass is 10.0. The van der Waals surface area contributed by atoms with Crippen LogP contribution in [0.25, 0.3) is 0 Å². The molecule has 1 aromatic rings. The second kappa shape index (κ2) is 4.13. The Morgan fingerprint density at radius 1 is 1.53 bits per heavy atom. The fraction of sp³-hybridized carbons (Fsp3) is 0.500. The van der Waals surface area contributed by atoms with E-state index in [1.807, 2.05) is 0 Å². The van der Waals surface area contributed by atoms with Crippen molar-refractivity contribution < 1.29 is 17.6 Å². The van der Waals surface area contributed by atoms with Crippen LogP contribution in [0.2, 0.25) is 0 Å². The Balaban J connectivity index is 2.10. The molecule has 7 heteroatoms. The summed E-state index contributed by atoms with van der Waals surface area (Å²) in [6.45, 7) is 1.73. The van der Waals surface area contributed by atoms with Gasteiger partial charge >= 0.3 is 0 Å². The maximum Gasteiger partial charge on any atom is 0.287 e. The van der Waals surface area contributed by atoms with Crippen LogP contribution < -0.4 is 5.32 Å². The number of halogens is 1. The molecule has 1 aliphatic rings. The van der Waals surface area contributed by atoms with E-state index in [1.54, 1.807) is 13.0 Å². The molecule has 2 rings (SSSR count). The van der Waals surface area contributed by atoms with Crippen molar-refractivity contribution in [2.24, 2.45) is 0 Å². The van der Waals surface area contributed by atoms with Crippen LogP contribution in [0.4, 0.5) is 0 Å². The van der Waals surface area contributed by atoms with Gasteiger partial charge in [0.05, 0.1) is 17.0 Å². The Morgan fingerprint density at radius 3 is 2.71 bits per heavy atom. The first-order valence-electron chi connectivity index (χ1n) is 5.08. The smallest absolute Gasteiger partial charge is 0.287 e. The second-order valence-electron chi connectivity index (χ2n) is 4.46. The molecule has 1 saturated heterocycles. The van der Waals surface area contributed by atoms with E-state index >= 15 is 0 Å². The first-order valence-corrected chi connectivity index (χ1v) is 7.69. The summed E-state index contributed by atoms with van der Waals surface area (Å²) in [5, 5.41) is 2.71. The summed E-state index contributed by atoms with van der Waals surface area (Å²) in [6.07, 6.45) is 0.433. The van der Waals surface area contributed by atoms with Gasteiger partial charge in [0, 0.05) is 0 Å². The minimum atomic E-state index is -3.03. The van der Waals surface area contributed by atoms with Gasteiger partial charge in [-0.05, 0) is 41.4 Å². The summed E-state index contributed by atoms with van der Waals surface area (Å²) in [6, 6.07) is 3.15. The zero-order valence-corrected chi connectivity index (χ0v) is 11.6. The number of hydrogen-bond donors (Lipinski definition) is 1. The van der Waals surface area contributed by atoms with Gasteiger partial charge in [-0.1, -0.05) is 0 Å². The summed E-state index contributed by atoms with van der Waals surface area (Å²) in [7, 11) is -3.03. The summed E-state index contributed by atoms with van der Waals surface area (Å²) < 4.78 is 28.3. The highest BCUT2D eigenvalue weighted by atomic mass is 79.9. The van der Waals surface area contributed by atoms with Gasteiger partial charge in [0.15, 0.2) is 20.3 Å². The predicted octanol–water partition coefficient (Wildman–Crippen LogP) is 1.35. The number of amides is 1. The monoisotopic (exact) mass is 321 g/mol. The third kappa shape index (κ3) is 2.90. The zero-order chi connectivity index (χ0) is 12.7. The molecule has 94 valence electrons. The van der Waals surface area contributed by atoms with E-state index in [4.69, 9.17) is 4.42 Å². The summed E-state index contributed by atoms with van der Waals surface area (Å²) >= 11 is 3.10. The lowest BCUT2D eigenvalue weighted by Gasteiger charge is -2.22. The van der Waals surface area contributed by atoms with E-state index in [-0.39, 0.29) is 17.3 Å². The third-order valence-corrected chi connectivity index (χ3v) is 5.04. The molecule has 17 heavy (non-hydrogen) atoms. The van der Waals surface area contributed by atoms with Crippen LogP contribution in [0.15, 0.2) is 21.2 Å². The Hall–Kier alpha value is -0.820. The molecule has 1 atom stereocenters. The van der Waals surface area contributed by atoms with E-state index in [0.29, 0.717) is 11.1 Å². The molecule has 1 aromatic heterocycles. The highest BCUT2D eigenvalue weighted by Crippen LogP contribution is 2.23. The number of nitrogens with one attached hydrogen (secondary N) is 1. The van der Waals surface area contributed by atoms with Gasteiger partial charge in [-0.15, -0.1) is 0 Å². The van der Waals surface area contributed by atoms with E-state index in [9.17, 15) is 13.2 Å². The molecule has 2 heterocycles. The van der Waals surface area contributed by atoms with Gasteiger partial charge in [-0.3, -0.25) is 4.79 Å². The Bertz CT molecular complexity index is 550. The Morgan fingerprint density at radius 2 is 2.24 bits per heavy atom. The normalized spacial score (nSPS) is 26.9. The quantitative estimate of drug-likeness (QED) is 0.892. The molecule has 1 fully saturated rings. The molecular formula is C10H12BrNO4S. The van der Waals surface area contributed by atoms with Crippen molar-refractivity contribution >= 4 is 31.7 Å². The average Bonchev–Trinajstić information content (AvgIpc) is 2.71. The van der Waals surface area contributed by atoms with Crippen molar-refractivity contribution in [3.63, 3.8) is 0 Å². The van der Waals surface area contributed by atoms with Crippen LogP contribution in [-0.2, 0) is 9.84 Å². The SMILES string of the molecule is C[C@]1(NC(=O)c2ccc(Br)o2)CCS(=O)(=O)C1. The fourth-order valence-corrected chi connectivity index (χ4v) is 4.28. The Kier molecular flexibility index (Phi) is 3.07. The molecule has 1 amide bonds. The molecule has 0 unspecified atom stereocenters. The molecule has 0 saturated carbocycles. The number of carbonyl (C=O) groups is 1. The molecule has 0 spiro atoms. The molecule has 5 nitrogen and oxygen atoms in total. The topological polar surface area (TPSA) is 76.4 Å². The van der Waals surface area contributed by atoms with Gasteiger partial charge in [0.25, 0.3) is 5.91 Å². The van der Waals surface area contributed by atoms with Crippen molar-refractivity contribution in [3.8, 4) is 0 Å². The standard InChI is InChI=1S/C10H12BrNO4S/c1-10(4-5-17(14,15)6-10)12-9(13)7-2-3-8(11)16-7/h2-3H,4-6H2,1H3,(H,12,13)/t10-/m0/s1. The van der Waals surface area contributed by atoms with Gasteiger partial charge in [0.2, 0.25) is 0 Å². The summed E-state index contributed by atoms with van der Waals surface area (Å²) in [5.74, 6) is -0.128. The number of rotatable bonds is 2. The van der Waals surface area contributed by atoms with Crippen molar-refractivity contribution in [1.29, 1.82) is 0 Å². The lowest BCUT2D eigenvalue weighted by Crippen LogP contribution is -2.46. The zero-order valence-electron chi connectivity index (χ0n) is 9.20. The van der Waals surface area contributed by atoms with E-state index in [2.05, 4.69) is 21.2 Å². The maximum atomic E-state index is 11.8. The van der Waals surface area contributed by atoms with Crippen LogP contribution in [0.1, 0.15) is 23.9 Å². The Labute approximate surface area is 108 Å². The van der Waals surface area contributed by atoms with Gasteiger partial charge in [-0.25, -0.2) is 8.42 Å². The van der Waals surface area contributed by atoms with Crippen LogP contribution in [0.5, 0.6) is 0 Å². The molecule has 0 radical (unpaired) electrons. The van der Waals surface area contributed by atoms with Gasteiger partial charge < -0.3 is 9.73 Å². The van der Waals surface area contributed by atoms with Crippen LogP contribution >= 0.6 is 15.9 Å². The van der Waals surface area contributed by atoms with Crippen molar-refractivity contribution in [1.82, 2.24) is 5.32 Å².